The lowest BCUT2D eigenvalue weighted by Crippen LogP contribution is -2.20. The number of carbonyl (C=O) groups is 2. The number of anilines is 1. The Morgan fingerprint density at radius 1 is 1.33 bits per heavy atom. The van der Waals surface area contributed by atoms with Gasteiger partial charge >= 0.3 is 5.97 Å². The summed E-state index contributed by atoms with van der Waals surface area (Å²) in [5.41, 5.74) is 0.214. The van der Waals surface area contributed by atoms with Crippen molar-refractivity contribution in [2.45, 2.75) is 18.5 Å². The molecule has 128 valence electrons. The molecule has 1 heterocycles. The lowest BCUT2D eigenvalue weighted by molar-refractivity contribution is -0.119. The van der Waals surface area contributed by atoms with E-state index in [2.05, 4.69) is 21.6 Å². The maximum Gasteiger partial charge on any atom is 0.338 e. The number of thioether (sulfide) groups is 1. The summed E-state index contributed by atoms with van der Waals surface area (Å²) in [6, 6.07) is 4.33. The smallest absolute Gasteiger partial charge is 0.338 e. The molecule has 1 aromatic carbocycles. The molecule has 0 aliphatic heterocycles. The molecule has 1 N–H and O–H groups in total. The van der Waals surface area contributed by atoms with E-state index in [1.54, 1.807) is 0 Å². The largest absolute Gasteiger partial charge is 0.452 e. The first kappa shape index (κ1) is 19.0. The predicted molar refractivity (Wildman–Crippen MR) is 96.3 cm³/mol. The molecule has 2 rings (SSSR count). The van der Waals surface area contributed by atoms with E-state index in [-0.39, 0.29) is 10.6 Å². The average Bonchev–Trinajstić information content (AvgIpc) is 3.00. The highest BCUT2D eigenvalue weighted by Gasteiger charge is 2.13. The van der Waals surface area contributed by atoms with E-state index in [1.165, 1.54) is 30.0 Å². The molecule has 0 bridgehead atoms. The maximum atomic E-state index is 11.9. The topological polar surface area (TPSA) is 81.2 Å². The summed E-state index contributed by atoms with van der Waals surface area (Å²) in [5.74, 6) is -0.252. The van der Waals surface area contributed by atoms with Crippen LogP contribution in [0.5, 0.6) is 0 Å². The van der Waals surface area contributed by atoms with Crippen LogP contribution >= 0.6 is 46.5 Å². The number of aromatic nitrogens is 2. The minimum Gasteiger partial charge on any atom is -0.452 e. The standard InChI is InChI=1S/C14H13Cl2N3O3S2/c1-2-5-23-14-18-13(24-19-14)17-11(20)7-22-12(21)8-3-4-9(15)10(16)6-8/h3-4,6H,2,5,7H2,1H3,(H,17,18,19,20). The fraction of sp³-hybridized carbons (Fsp3) is 0.286. The van der Waals surface area contributed by atoms with Crippen molar-refractivity contribution in [2.75, 3.05) is 17.7 Å². The zero-order chi connectivity index (χ0) is 17.5. The SMILES string of the molecule is CCCSc1nsc(NC(=O)COC(=O)c2ccc(Cl)c(Cl)c2)n1. The summed E-state index contributed by atoms with van der Waals surface area (Å²) in [7, 11) is 0. The quantitative estimate of drug-likeness (QED) is 0.550. The van der Waals surface area contributed by atoms with E-state index in [0.717, 1.165) is 23.7 Å². The van der Waals surface area contributed by atoms with Crippen molar-refractivity contribution in [3.8, 4) is 0 Å². The van der Waals surface area contributed by atoms with Crippen molar-refractivity contribution in [1.29, 1.82) is 0 Å². The summed E-state index contributed by atoms with van der Waals surface area (Å²) < 4.78 is 9.04. The van der Waals surface area contributed by atoms with Crippen LogP contribution in [0, 0.1) is 0 Å². The molecule has 1 amide bonds. The van der Waals surface area contributed by atoms with Crippen LogP contribution in [0.1, 0.15) is 23.7 Å². The van der Waals surface area contributed by atoms with Crippen molar-refractivity contribution >= 4 is 63.5 Å². The Balaban J connectivity index is 1.83. The van der Waals surface area contributed by atoms with Crippen LogP contribution < -0.4 is 5.32 Å². The molecule has 0 saturated heterocycles. The monoisotopic (exact) mass is 405 g/mol. The second-order valence-electron chi connectivity index (χ2n) is 4.48. The zero-order valence-corrected chi connectivity index (χ0v) is 15.7. The van der Waals surface area contributed by atoms with Crippen LogP contribution in [0.25, 0.3) is 0 Å². The van der Waals surface area contributed by atoms with Gasteiger partial charge in [0.2, 0.25) is 10.3 Å². The maximum absolute atomic E-state index is 11.9. The van der Waals surface area contributed by atoms with Gasteiger partial charge in [-0.3, -0.25) is 10.1 Å². The highest BCUT2D eigenvalue weighted by Crippen LogP contribution is 2.23. The van der Waals surface area contributed by atoms with Crippen molar-refractivity contribution in [3.05, 3.63) is 33.8 Å². The number of nitrogens with one attached hydrogen (secondary N) is 1. The summed E-state index contributed by atoms with van der Waals surface area (Å²) in [4.78, 5) is 27.8. The van der Waals surface area contributed by atoms with Crippen LogP contribution in [0.4, 0.5) is 5.13 Å². The van der Waals surface area contributed by atoms with Gasteiger partial charge in [-0.1, -0.05) is 41.9 Å². The number of benzene rings is 1. The van der Waals surface area contributed by atoms with Crippen LogP contribution in [0.2, 0.25) is 10.0 Å². The summed E-state index contributed by atoms with van der Waals surface area (Å²) in [5, 5.41) is 4.08. The minimum atomic E-state index is -0.667. The molecular weight excluding hydrogens is 393 g/mol. The fourth-order valence-corrected chi connectivity index (χ4v) is 3.22. The lowest BCUT2D eigenvalue weighted by atomic mass is 10.2. The van der Waals surface area contributed by atoms with E-state index in [1.807, 2.05) is 0 Å². The Kier molecular flexibility index (Phi) is 7.29. The molecule has 2 aromatic rings. The molecule has 1 aromatic heterocycles. The molecule has 0 atom stereocenters. The predicted octanol–water partition coefficient (Wildman–Crippen LogP) is 4.14. The van der Waals surface area contributed by atoms with E-state index >= 15 is 0 Å². The number of hydrogen-bond donors (Lipinski definition) is 1. The molecule has 24 heavy (non-hydrogen) atoms. The van der Waals surface area contributed by atoms with Gasteiger partial charge in [-0.05, 0) is 24.6 Å². The van der Waals surface area contributed by atoms with Gasteiger partial charge in [-0.25, -0.2) is 4.79 Å². The van der Waals surface area contributed by atoms with E-state index < -0.39 is 18.5 Å². The number of carbonyl (C=O) groups excluding carboxylic acids is 2. The highest BCUT2D eigenvalue weighted by atomic mass is 35.5. The first-order valence-electron chi connectivity index (χ1n) is 6.88. The fourth-order valence-electron chi connectivity index (χ4n) is 1.51. The molecular formula is C14H13Cl2N3O3S2. The first-order valence-corrected chi connectivity index (χ1v) is 9.39. The van der Waals surface area contributed by atoms with Crippen molar-refractivity contribution in [1.82, 2.24) is 9.36 Å². The second-order valence-corrected chi connectivity index (χ2v) is 7.11. The molecule has 6 nitrogen and oxygen atoms in total. The van der Waals surface area contributed by atoms with Gasteiger partial charge in [0.05, 0.1) is 15.6 Å². The number of amides is 1. The van der Waals surface area contributed by atoms with Crippen LogP contribution in [0.15, 0.2) is 23.4 Å². The molecule has 0 aliphatic rings. The molecule has 0 fully saturated rings. The van der Waals surface area contributed by atoms with Gasteiger partial charge in [0.15, 0.2) is 6.61 Å². The summed E-state index contributed by atoms with van der Waals surface area (Å²) in [6.07, 6.45) is 1.01. The third-order valence-corrected chi connectivity index (χ3v) is 5.12. The number of esters is 1. The van der Waals surface area contributed by atoms with Crippen molar-refractivity contribution < 1.29 is 14.3 Å². The van der Waals surface area contributed by atoms with Crippen molar-refractivity contribution in [2.24, 2.45) is 0 Å². The third-order valence-electron chi connectivity index (χ3n) is 2.58. The van der Waals surface area contributed by atoms with Crippen LogP contribution in [-0.4, -0.2) is 33.6 Å². The Labute approximate surface area is 157 Å². The van der Waals surface area contributed by atoms with E-state index in [9.17, 15) is 9.59 Å². The molecule has 0 spiro atoms. The Morgan fingerprint density at radius 3 is 2.83 bits per heavy atom. The molecule has 10 heteroatoms. The summed E-state index contributed by atoms with van der Waals surface area (Å²) >= 11 is 14.2. The van der Waals surface area contributed by atoms with Crippen molar-refractivity contribution in [3.63, 3.8) is 0 Å². The Bertz CT molecular complexity index is 740. The number of nitrogens with zero attached hydrogens (tertiary/aromatic N) is 2. The van der Waals surface area contributed by atoms with Crippen LogP contribution in [0.3, 0.4) is 0 Å². The van der Waals surface area contributed by atoms with Gasteiger partial charge in [0, 0.05) is 17.3 Å². The minimum absolute atomic E-state index is 0.214. The number of halogens is 2. The van der Waals surface area contributed by atoms with Gasteiger partial charge in [-0.2, -0.15) is 9.36 Å². The number of hydrogen-bond acceptors (Lipinski definition) is 7. The molecule has 0 radical (unpaired) electrons. The molecule has 0 saturated carbocycles. The van der Waals surface area contributed by atoms with Gasteiger partial charge in [0.25, 0.3) is 5.91 Å². The second kappa shape index (κ2) is 9.22. The lowest BCUT2D eigenvalue weighted by Gasteiger charge is -2.05. The Hall–Kier alpha value is -1.35. The first-order chi connectivity index (χ1) is 11.5. The van der Waals surface area contributed by atoms with Gasteiger partial charge in [0.1, 0.15) is 0 Å². The van der Waals surface area contributed by atoms with E-state index in [4.69, 9.17) is 27.9 Å². The van der Waals surface area contributed by atoms with E-state index in [0.29, 0.717) is 15.3 Å². The van der Waals surface area contributed by atoms with Gasteiger partial charge < -0.3 is 4.74 Å². The normalized spacial score (nSPS) is 10.5. The summed E-state index contributed by atoms with van der Waals surface area (Å²) in [6.45, 7) is 1.63. The van der Waals surface area contributed by atoms with Crippen LogP contribution in [-0.2, 0) is 9.53 Å². The number of rotatable bonds is 7. The third kappa shape index (κ3) is 5.62. The molecule has 0 unspecified atom stereocenters. The Morgan fingerprint density at radius 2 is 2.12 bits per heavy atom. The number of ether oxygens (including phenoxy) is 1. The average molecular weight is 406 g/mol. The highest BCUT2D eigenvalue weighted by molar-refractivity contribution is 7.99. The van der Waals surface area contributed by atoms with Gasteiger partial charge in [-0.15, -0.1) is 0 Å². The molecule has 0 aliphatic carbocycles. The zero-order valence-electron chi connectivity index (χ0n) is 12.5.